The molecule has 0 aliphatic heterocycles. The van der Waals surface area contributed by atoms with E-state index in [0.717, 1.165) is 32.0 Å². The highest BCUT2D eigenvalue weighted by molar-refractivity contribution is 7.15. The van der Waals surface area contributed by atoms with Crippen LogP contribution in [0.2, 0.25) is 10.0 Å². The molecule has 6 heteroatoms. The maximum Gasteiger partial charge on any atom is 0.284 e. The predicted molar refractivity (Wildman–Crippen MR) is 115 cm³/mol. The van der Waals surface area contributed by atoms with Gasteiger partial charge in [-0.3, -0.25) is 4.79 Å². The topological polar surface area (TPSA) is 56.2 Å². The van der Waals surface area contributed by atoms with Crippen molar-refractivity contribution in [2.75, 3.05) is 0 Å². The molecule has 0 radical (unpaired) electrons. The summed E-state index contributed by atoms with van der Waals surface area (Å²) >= 11 is 14.0. The Labute approximate surface area is 176 Å². The second-order valence-corrected chi connectivity index (χ2v) is 8.26. The minimum atomic E-state index is -0.595. The van der Waals surface area contributed by atoms with Gasteiger partial charge in [0.15, 0.2) is 5.76 Å². The van der Waals surface area contributed by atoms with E-state index in [4.69, 9.17) is 33.4 Å². The standard InChI is InChI=1S/C22H15Cl2NO2S/c23-14-7-5-13(6-8-14)20-10-9-15(28-20)11-17-18(12-27-21(17)22(25)26)16-3-1-2-4-19(16)24/h1-10,12H,11H2,(H2,25,26). The van der Waals surface area contributed by atoms with Crippen LogP contribution in [0.3, 0.4) is 0 Å². The molecule has 4 aromatic rings. The molecule has 1 amide bonds. The Hall–Kier alpha value is -2.53. The van der Waals surface area contributed by atoms with Crippen LogP contribution in [0.15, 0.2) is 71.3 Å². The molecule has 0 bridgehead atoms. The van der Waals surface area contributed by atoms with Crippen LogP contribution in [0.4, 0.5) is 0 Å². The lowest BCUT2D eigenvalue weighted by Gasteiger charge is -2.06. The molecule has 0 saturated carbocycles. The Morgan fingerprint density at radius 2 is 1.71 bits per heavy atom. The number of thiophene rings is 1. The number of halogens is 2. The molecular formula is C22H15Cl2NO2S. The number of nitrogens with two attached hydrogens (primary N) is 1. The molecule has 0 aliphatic carbocycles. The number of benzene rings is 2. The van der Waals surface area contributed by atoms with Crippen molar-refractivity contribution in [1.82, 2.24) is 0 Å². The first kappa shape index (κ1) is 18.8. The van der Waals surface area contributed by atoms with Crippen molar-refractivity contribution in [3.8, 4) is 21.6 Å². The minimum Gasteiger partial charge on any atom is -0.458 e. The number of furan rings is 1. The van der Waals surface area contributed by atoms with Crippen LogP contribution >= 0.6 is 34.5 Å². The molecule has 2 N–H and O–H groups in total. The molecular weight excluding hydrogens is 413 g/mol. The fourth-order valence-corrected chi connectivity index (χ4v) is 4.48. The number of hydrogen-bond acceptors (Lipinski definition) is 3. The minimum absolute atomic E-state index is 0.163. The molecule has 0 unspecified atom stereocenters. The normalized spacial score (nSPS) is 10.9. The molecule has 140 valence electrons. The van der Waals surface area contributed by atoms with Gasteiger partial charge < -0.3 is 10.2 Å². The molecule has 4 rings (SSSR count). The first-order valence-corrected chi connectivity index (χ1v) is 10.1. The monoisotopic (exact) mass is 427 g/mol. The summed E-state index contributed by atoms with van der Waals surface area (Å²) in [5.41, 5.74) is 8.95. The number of primary amides is 1. The predicted octanol–water partition coefficient (Wildman–Crippen LogP) is 6.67. The Morgan fingerprint density at radius 3 is 2.43 bits per heavy atom. The molecule has 2 heterocycles. The molecule has 0 aliphatic rings. The van der Waals surface area contributed by atoms with E-state index in [1.54, 1.807) is 23.7 Å². The van der Waals surface area contributed by atoms with Crippen molar-refractivity contribution in [2.24, 2.45) is 5.73 Å². The summed E-state index contributed by atoms with van der Waals surface area (Å²) in [5.74, 6) is -0.431. The second kappa shape index (κ2) is 7.84. The highest BCUT2D eigenvalue weighted by Gasteiger charge is 2.21. The van der Waals surface area contributed by atoms with Crippen molar-refractivity contribution < 1.29 is 9.21 Å². The number of carbonyl (C=O) groups excluding carboxylic acids is 1. The molecule has 2 aromatic carbocycles. The van der Waals surface area contributed by atoms with E-state index in [0.29, 0.717) is 16.5 Å². The van der Waals surface area contributed by atoms with E-state index >= 15 is 0 Å². The van der Waals surface area contributed by atoms with Crippen LogP contribution < -0.4 is 5.73 Å². The molecule has 0 saturated heterocycles. The van der Waals surface area contributed by atoms with Gasteiger partial charge >= 0.3 is 0 Å². The molecule has 2 aromatic heterocycles. The lowest BCUT2D eigenvalue weighted by Crippen LogP contribution is -2.12. The molecule has 0 fully saturated rings. The summed E-state index contributed by atoms with van der Waals surface area (Å²) in [7, 11) is 0. The maximum atomic E-state index is 11.9. The summed E-state index contributed by atoms with van der Waals surface area (Å²) in [6, 6.07) is 19.3. The Bertz CT molecular complexity index is 1150. The summed E-state index contributed by atoms with van der Waals surface area (Å²) in [6.07, 6.45) is 2.07. The highest BCUT2D eigenvalue weighted by Crippen LogP contribution is 2.37. The van der Waals surface area contributed by atoms with E-state index in [9.17, 15) is 4.79 Å². The van der Waals surface area contributed by atoms with Gasteiger partial charge in [-0.15, -0.1) is 11.3 Å². The van der Waals surface area contributed by atoms with Crippen LogP contribution in [-0.4, -0.2) is 5.91 Å². The lowest BCUT2D eigenvalue weighted by molar-refractivity contribution is 0.0973. The van der Waals surface area contributed by atoms with Gasteiger partial charge in [-0.2, -0.15) is 0 Å². The fraction of sp³-hybridized carbons (Fsp3) is 0.0455. The lowest BCUT2D eigenvalue weighted by atomic mass is 9.99. The fourth-order valence-electron chi connectivity index (χ4n) is 3.09. The average Bonchev–Trinajstić information content (AvgIpc) is 3.31. The van der Waals surface area contributed by atoms with Crippen molar-refractivity contribution in [3.05, 3.63) is 93.2 Å². The van der Waals surface area contributed by atoms with Gasteiger partial charge in [0, 0.05) is 42.9 Å². The SMILES string of the molecule is NC(=O)c1occ(-c2ccccc2Cl)c1Cc1ccc(-c2ccc(Cl)cc2)s1. The average molecular weight is 428 g/mol. The van der Waals surface area contributed by atoms with Crippen molar-refractivity contribution >= 4 is 40.4 Å². The number of amides is 1. The zero-order chi connectivity index (χ0) is 19.7. The zero-order valence-electron chi connectivity index (χ0n) is 14.6. The van der Waals surface area contributed by atoms with E-state index in [2.05, 4.69) is 6.07 Å². The summed E-state index contributed by atoms with van der Waals surface area (Å²) in [5, 5.41) is 1.29. The molecule has 0 spiro atoms. The number of rotatable bonds is 5. The van der Waals surface area contributed by atoms with Gasteiger partial charge in [-0.05, 0) is 35.9 Å². The van der Waals surface area contributed by atoms with Crippen LogP contribution in [0.1, 0.15) is 21.0 Å². The van der Waals surface area contributed by atoms with Crippen LogP contribution in [0, 0.1) is 0 Å². The smallest absolute Gasteiger partial charge is 0.284 e. The highest BCUT2D eigenvalue weighted by atomic mass is 35.5. The summed E-state index contributed by atoms with van der Waals surface area (Å²) in [4.78, 5) is 14.1. The van der Waals surface area contributed by atoms with E-state index in [-0.39, 0.29) is 5.76 Å². The third kappa shape index (κ3) is 3.72. The van der Waals surface area contributed by atoms with Crippen molar-refractivity contribution in [2.45, 2.75) is 6.42 Å². The van der Waals surface area contributed by atoms with Crippen molar-refractivity contribution in [3.63, 3.8) is 0 Å². The maximum absolute atomic E-state index is 11.9. The van der Waals surface area contributed by atoms with Crippen LogP contribution in [-0.2, 0) is 6.42 Å². The van der Waals surface area contributed by atoms with Gasteiger partial charge in [-0.25, -0.2) is 0 Å². The summed E-state index contributed by atoms with van der Waals surface area (Å²) in [6.45, 7) is 0. The van der Waals surface area contributed by atoms with Gasteiger partial charge in [-0.1, -0.05) is 53.5 Å². The Kier molecular flexibility index (Phi) is 5.27. The Balaban J connectivity index is 1.72. The third-order valence-electron chi connectivity index (χ3n) is 4.42. The molecule has 28 heavy (non-hydrogen) atoms. The first-order valence-electron chi connectivity index (χ1n) is 8.52. The van der Waals surface area contributed by atoms with Crippen molar-refractivity contribution in [1.29, 1.82) is 0 Å². The van der Waals surface area contributed by atoms with Crippen LogP contribution in [0.25, 0.3) is 21.6 Å². The van der Waals surface area contributed by atoms with Gasteiger partial charge in [0.05, 0.1) is 6.26 Å². The largest absolute Gasteiger partial charge is 0.458 e. The zero-order valence-corrected chi connectivity index (χ0v) is 16.9. The number of hydrogen-bond donors (Lipinski definition) is 1. The summed E-state index contributed by atoms with van der Waals surface area (Å²) < 4.78 is 5.50. The van der Waals surface area contributed by atoms with Gasteiger partial charge in [0.2, 0.25) is 0 Å². The van der Waals surface area contributed by atoms with E-state index < -0.39 is 5.91 Å². The third-order valence-corrected chi connectivity index (χ3v) is 6.14. The molecule has 3 nitrogen and oxygen atoms in total. The van der Waals surface area contributed by atoms with E-state index in [1.807, 2.05) is 48.5 Å². The van der Waals surface area contributed by atoms with Crippen LogP contribution in [0.5, 0.6) is 0 Å². The quantitative estimate of drug-likeness (QED) is 0.386. The number of carbonyl (C=O) groups is 1. The second-order valence-electron chi connectivity index (χ2n) is 6.25. The first-order chi connectivity index (χ1) is 13.5. The molecule has 0 atom stereocenters. The van der Waals surface area contributed by atoms with Gasteiger partial charge in [0.25, 0.3) is 5.91 Å². The Morgan fingerprint density at radius 1 is 0.964 bits per heavy atom. The van der Waals surface area contributed by atoms with E-state index in [1.165, 1.54) is 0 Å². The van der Waals surface area contributed by atoms with Gasteiger partial charge in [0.1, 0.15) is 0 Å².